The minimum Gasteiger partial charge on any atom is -0.366 e. The molecule has 2 amide bonds. The Bertz CT molecular complexity index is 1200. The summed E-state index contributed by atoms with van der Waals surface area (Å²) in [6.07, 6.45) is 1.98. The second-order valence-corrected chi connectivity index (χ2v) is 9.35. The number of nitrogens with two attached hydrogens (primary N) is 1. The molecule has 0 unspecified atom stereocenters. The summed E-state index contributed by atoms with van der Waals surface area (Å²) in [6.45, 7) is 5.20. The number of primary amides is 1. The third-order valence-electron chi connectivity index (χ3n) is 6.95. The van der Waals surface area contributed by atoms with Gasteiger partial charge in [-0.1, -0.05) is 60.7 Å². The van der Waals surface area contributed by atoms with Gasteiger partial charge in [-0.15, -0.1) is 0 Å². The zero-order valence-electron chi connectivity index (χ0n) is 20.9. The number of hydrogen-bond donors (Lipinski definition) is 1. The van der Waals surface area contributed by atoms with Crippen LogP contribution >= 0.6 is 0 Å². The van der Waals surface area contributed by atoms with E-state index < -0.39 is 5.91 Å². The van der Waals surface area contributed by atoms with E-state index >= 15 is 0 Å². The van der Waals surface area contributed by atoms with Crippen LogP contribution in [0.5, 0.6) is 0 Å². The molecule has 2 heterocycles. The first-order chi connectivity index (χ1) is 17.4. The summed E-state index contributed by atoms with van der Waals surface area (Å²) >= 11 is 0. The largest absolute Gasteiger partial charge is 0.366 e. The molecule has 1 aliphatic rings. The molecule has 7 heteroatoms. The molecular formula is C29H34N4O3. The first-order valence-corrected chi connectivity index (χ1v) is 12.5. The monoisotopic (exact) mass is 486 g/mol. The van der Waals surface area contributed by atoms with Crippen LogP contribution in [0.15, 0.2) is 66.7 Å². The molecule has 1 saturated heterocycles. The highest BCUT2D eigenvalue weighted by Crippen LogP contribution is 2.18. The number of rotatable bonds is 10. The number of Topliss-reactive ketones (excluding diaryl/α,β-unsaturated/α-hetero) is 1. The van der Waals surface area contributed by atoms with Crippen molar-refractivity contribution in [3.63, 3.8) is 0 Å². The molecule has 0 atom stereocenters. The van der Waals surface area contributed by atoms with Gasteiger partial charge in [0.15, 0.2) is 5.78 Å². The minimum atomic E-state index is -0.525. The number of carbonyl (C=O) groups excluding carboxylic acids is 3. The van der Waals surface area contributed by atoms with Crippen molar-refractivity contribution >= 4 is 17.6 Å². The standard InChI is InChI=1S/C29H34N4O3/c1-22-25(29(30)36)20-26(33(22)15-14-24-10-6-3-7-11-24)27(34)21-31-16-18-32(19-17-31)28(35)13-12-23-8-4-2-5-9-23/h2-11,20H,12-19,21H2,1H3,(H2,30,36). The average molecular weight is 487 g/mol. The van der Waals surface area contributed by atoms with E-state index in [1.54, 1.807) is 6.07 Å². The van der Waals surface area contributed by atoms with E-state index in [9.17, 15) is 14.4 Å². The highest BCUT2D eigenvalue weighted by molar-refractivity contribution is 6.01. The van der Waals surface area contributed by atoms with Gasteiger partial charge in [-0.25, -0.2) is 0 Å². The highest BCUT2D eigenvalue weighted by Gasteiger charge is 2.25. The van der Waals surface area contributed by atoms with Crippen molar-refractivity contribution in [1.29, 1.82) is 0 Å². The van der Waals surface area contributed by atoms with E-state index in [-0.39, 0.29) is 18.2 Å². The van der Waals surface area contributed by atoms with Gasteiger partial charge < -0.3 is 15.2 Å². The predicted molar refractivity (Wildman–Crippen MR) is 140 cm³/mol. The molecule has 0 aliphatic carbocycles. The van der Waals surface area contributed by atoms with Gasteiger partial charge >= 0.3 is 0 Å². The van der Waals surface area contributed by atoms with Crippen LogP contribution in [0.1, 0.15) is 44.1 Å². The summed E-state index contributed by atoms with van der Waals surface area (Å²) in [5, 5.41) is 0. The van der Waals surface area contributed by atoms with Crippen LogP contribution in [-0.2, 0) is 24.2 Å². The van der Waals surface area contributed by atoms with Crippen LogP contribution in [0.25, 0.3) is 0 Å². The van der Waals surface area contributed by atoms with Gasteiger partial charge in [-0.3, -0.25) is 19.3 Å². The van der Waals surface area contributed by atoms with Gasteiger partial charge in [-0.05, 0) is 37.0 Å². The van der Waals surface area contributed by atoms with Crippen molar-refractivity contribution in [3.05, 3.63) is 94.8 Å². The van der Waals surface area contributed by atoms with Gasteiger partial charge in [0.2, 0.25) is 5.91 Å². The van der Waals surface area contributed by atoms with E-state index in [1.165, 1.54) is 0 Å². The fourth-order valence-electron chi connectivity index (χ4n) is 4.79. The quantitative estimate of drug-likeness (QED) is 0.446. The number of piperazine rings is 1. The Balaban J connectivity index is 1.34. The number of benzene rings is 2. The molecule has 1 aliphatic heterocycles. The minimum absolute atomic E-state index is 0.0393. The molecule has 36 heavy (non-hydrogen) atoms. The van der Waals surface area contributed by atoms with Crippen molar-refractivity contribution in [3.8, 4) is 0 Å². The fraction of sp³-hybridized carbons (Fsp3) is 0.345. The first kappa shape index (κ1) is 25.4. The second-order valence-electron chi connectivity index (χ2n) is 9.35. The summed E-state index contributed by atoms with van der Waals surface area (Å²) in [7, 11) is 0. The maximum atomic E-state index is 13.3. The van der Waals surface area contributed by atoms with Crippen LogP contribution in [0.4, 0.5) is 0 Å². The molecule has 188 valence electrons. The lowest BCUT2D eigenvalue weighted by molar-refractivity contribution is -0.132. The van der Waals surface area contributed by atoms with Crippen molar-refractivity contribution in [2.45, 2.75) is 32.7 Å². The maximum Gasteiger partial charge on any atom is 0.250 e. The number of aryl methyl sites for hydroxylation is 2. The zero-order chi connectivity index (χ0) is 25.5. The van der Waals surface area contributed by atoms with Crippen molar-refractivity contribution in [2.75, 3.05) is 32.7 Å². The van der Waals surface area contributed by atoms with E-state index in [0.717, 1.165) is 29.7 Å². The molecule has 2 N–H and O–H groups in total. The van der Waals surface area contributed by atoms with Crippen LogP contribution in [0.3, 0.4) is 0 Å². The Labute approximate surface area is 212 Å². The third-order valence-corrected chi connectivity index (χ3v) is 6.95. The molecule has 1 fully saturated rings. The lowest BCUT2D eigenvalue weighted by Gasteiger charge is -2.34. The Morgan fingerprint density at radius 3 is 2.00 bits per heavy atom. The van der Waals surface area contributed by atoms with Crippen LogP contribution in [-0.4, -0.2) is 64.7 Å². The molecular weight excluding hydrogens is 452 g/mol. The Morgan fingerprint density at radius 1 is 0.833 bits per heavy atom. The fourth-order valence-corrected chi connectivity index (χ4v) is 4.79. The van der Waals surface area contributed by atoms with Gasteiger partial charge in [0.25, 0.3) is 5.91 Å². The number of hydrogen-bond acceptors (Lipinski definition) is 4. The summed E-state index contributed by atoms with van der Waals surface area (Å²) in [5.41, 5.74) is 9.53. The molecule has 4 rings (SSSR count). The SMILES string of the molecule is Cc1c(C(N)=O)cc(C(=O)CN2CCN(C(=O)CCc3ccccc3)CC2)n1CCc1ccccc1. The predicted octanol–water partition coefficient (Wildman–Crippen LogP) is 3.10. The molecule has 1 aromatic heterocycles. The topological polar surface area (TPSA) is 88.6 Å². The van der Waals surface area contributed by atoms with Crippen LogP contribution < -0.4 is 5.73 Å². The zero-order valence-corrected chi connectivity index (χ0v) is 20.9. The Kier molecular flexibility index (Phi) is 8.33. The van der Waals surface area contributed by atoms with Gasteiger partial charge in [0, 0.05) is 44.8 Å². The number of aromatic nitrogens is 1. The van der Waals surface area contributed by atoms with Crippen molar-refractivity contribution in [1.82, 2.24) is 14.4 Å². The lowest BCUT2D eigenvalue weighted by Crippen LogP contribution is -2.50. The van der Waals surface area contributed by atoms with Crippen molar-refractivity contribution < 1.29 is 14.4 Å². The second kappa shape index (κ2) is 11.8. The molecule has 3 aromatic rings. The average Bonchev–Trinajstić information content (AvgIpc) is 3.24. The van der Waals surface area contributed by atoms with E-state index in [2.05, 4.69) is 17.0 Å². The third kappa shape index (κ3) is 6.29. The summed E-state index contributed by atoms with van der Waals surface area (Å²) in [4.78, 5) is 41.9. The molecule has 0 spiro atoms. The summed E-state index contributed by atoms with van der Waals surface area (Å²) in [5.74, 6) is -0.411. The molecule has 0 radical (unpaired) electrons. The van der Waals surface area contributed by atoms with Gasteiger partial charge in [0.1, 0.15) is 0 Å². The molecule has 2 aromatic carbocycles. The van der Waals surface area contributed by atoms with E-state index in [0.29, 0.717) is 50.4 Å². The van der Waals surface area contributed by atoms with E-state index in [1.807, 2.05) is 64.9 Å². The molecule has 7 nitrogen and oxygen atoms in total. The maximum absolute atomic E-state index is 13.3. The number of ketones is 1. The van der Waals surface area contributed by atoms with Crippen LogP contribution in [0.2, 0.25) is 0 Å². The van der Waals surface area contributed by atoms with E-state index in [4.69, 9.17) is 5.73 Å². The normalized spacial score (nSPS) is 14.1. The van der Waals surface area contributed by atoms with Gasteiger partial charge in [-0.2, -0.15) is 0 Å². The highest BCUT2D eigenvalue weighted by atomic mass is 16.2. The first-order valence-electron chi connectivity index (χ1n) is 12.5. The number of amides is 2. The lowest BCUT2D eigenvalue weighted by atomic mass is 10.1. The Hall–Kier alpha value is -3.71. The summed E-state index contributed by atoms with van der Waals surface area (Å²) in [6, 6.07) is 21.7. The molecule has 0 bridgehead atoms. The number of carbonyl (C=O) groups is 3. The summed E-state index contributed by atoms with van der Waals surface area (Å²) < 4.78 is 1.92. The van der Waals surface area contributed by atoms with Crippen LogP contribution in [0, 0.1) is 6.92 Å². The number of nitrogens with zero attached hydrogens (tertiary/aromatic N) is 3. The van der Waals surface area contributed by atoms with Gasteiger partial charge in [0.05, 0.1) is 17.8 Å². The smallest absolute Gasteiger partial charge is 0.250 e. The Morgan fingerprint density at radius 2 is 1.42 bits per heavy atom. The van der Waals surface area contributed by atoms with Crippen molar-refractivity contribution in [2.24, 2.45) is 5.73 Å². The molecule has 0 saturated carbocycles.